The normalized spacial score (nSPS) is 11.0. The number of unbranched alkanes of at least 4 members (excludes halogenated alkanes) is 28. The van der Waals surface area contributed by atoms with E-state index < -0.39 is 10.4 Å². The van der Waals surface area contributed by atoms with Crippen molar-refractivity contribution in [1.82, 2.24) is 0 Å². The molecule has 0 atom stereocenters. The van der Waals surface area contributed by atoms with Crippen molar-refractivity contribution in [3.63, 3.8) is 0 Å². The van der Waals surface area contributed by atoms with Crippen molar-refractivity contribution in [2.24, 2.45) is 0 Å². The van der Waals surface area contributed by atoms with Gasteiger partial charge in [-0.15, -0.1) is 0 Å². The number of hydrogen-bond donors (Lipinski definition) is 0. The van der Waals surface area contributed by atoms with Gasteiger partial charge in [0.1, 0.15) is 0 Å². The smallest absolute Gasteiger partial charge is 0.759 e. The second-order valence-electron chi connectivity index (χ2n) is 11.9. The summed E-state index contributed by atoms with van der Waals surface area (Å²) < 4.78 is 39.9. The molecule has 0 aromatic rings. The van der Waals surface area contributed by atoms with Crippen LogP contribution in [0.5, 0.6) is 0 Å². The molecule has 0 aromatic heterocycles. The summed E-state index contributed by atoms with van der Waals surface area (Å²) in [5.41, 5.74) is 0. The largest absolute Gasteiger partial charge is 1.00 e. The monoisotopic (exact) mass is 636 g/mol. The molecule has 0 spiro atoms. The summed E-state index contributed by atoms with van der Waals surface area (Å²) >= 11 is 0. The molecule has 0 rings (SSSR count). The van der Waals surface area contributed by atoms with Crippen LogP contribution in [-0.4, -0.2) is 30.7 Å². The second kappa shape index (κ2) is 45.0. The Hall–Kier alpha value is 1.83. The molecule has 0 aliphatic carbocycles. The molecule has 5 nitrogen and oxygen atoms in total. The molecule has 0 N–H and O–H groups in total. The molecule has 0 amide bonds. The van der Waals surface area contributed by atoms with Gasteiger partial charge in [-0.25, -0.2) is 0 Å². The van der Waals surface area contributed by atoms with E-state index in [-0.39, 0.29) is 59.1 Å². The van der Waals surface area contributed by atoms with Crippen LogP contribution >= 0.6 is 0 Å². The van der Waals surface area contributed by atoms with Crippen LogP contribution in [0.25, 0.3) is 0 Å². The van der Waals surface area contributed by atoms with Crippen LogP contribution < -0.4 is 59.1 Å². The van der Waals surface area contributed by atoms with Crippen LogP contribution in [0, 0.1) is 0 Å². The summed E-state index contributed by atoms with van der Waals surface area (Å²) in [6.45, 7) is 6.60. The van der Waals surface area contributed by atoms with Crippen LogP contribution in [0.2, 0.25) is 0 Å². The predicted octanol–water partition coefficient (Wildman–Crippen LogP) is 5.42. The minimum Gasteiger partial charge on any atom is -0.759 e. The Morgan fingerprint density at radius 1 is 0.357 bits per heavy atom. The Kier molecular flexibility index (Phi) is 54.2. The Balaban J connectivity index is -0.000000943. The first-order chi connectivity index (χ1) is 19.4. The third-order valence-corrected chi connectivity index (χ3v) is 7.78. The molecule has 0 aliphatic rings. The third kappa shape index (κ3) is 60.9. The van der Waals surface area contributed by atoms with Crippen LogP contribution in [0.1, 0.15) is 206 Å². The van der Waals surface area contributed by atoms with E-state index in [9.17, 15) is 0 Å². The zero-order valence-electron chi connectivity index (χ0n) is 29.1. The van der Waals surface area contributed by atoms with Crippen LogP contribution in [0.15, 0.2) is 0 Å². The maximum Gasteiger partial charge on any atom is 1.00 e. The van der Waals surface area contributed by atoms with Crippen molar-refractivity contribution in [2.75, 3.05) is 13.2 Å². The van der Waals surface area contributed by atoms with Crippen LogP contribution in [-0.2, 0) is 15.1 Å². The van der Waals surface area contributed by atoms with E-state index in [0.29, 0.717) is 0 Å². The molecule has 0 aromatic carbocycles. The Morgan fingerprint density at radius 3 is 0.667 bits per heavy atom. The van der Waals surface area contributed by atoms with Gasteiger partial charge < -0.3 is 13.8 Å². The van der Waals surface area contributed by atoms with Gasteiger partial charge in [-0.3, -0.25) is 8.42 Å². The average Bonchev–Trinajstić information content (AvgIpc) is 2.91. The van der Waals surface area contributed by atoms with E-state index in [1.54, 1.807) is 0 Å². The molecular formula is C34H70Na2O5S. The molecule has 0 aliphatic heterocycles. The minimum absolute atomic E-state index is 0. The van der Waals surface area contributed by atoms with E-state index in [1.807, 2.05) is 0 Å². The fourth-order valence-electron chi connectivity index (χ4n) is 5.25. The van der Waals surface area contributed by atoms with Crippen molar-refractivity contribution in [3.8, 4) is 0 Å². The molecule has 0 heterocycles. The summed E-state index contributed by atoms with van der Waals surface area (Å²) in [6.07, 6.45) is 43.0. The molecule has 0 saturated heterocycles. The number of rotatable bonds is 32. The molecule has 8 heteroatoms. The van der Waals surface area contributed by atoms with E-state index >= 15 is 0 Å². The molecule has 0 unspecified atom stereocenters. The molecular weight excluding hydrogens is 566 g/mol. The number of ether oxygens (including phenoxy) is 1. The minimum atomic E-state index is -5.17. The van der Waals surface area contributed by atoms with Crippen molar-refractivity contribution in [1.29, 1.82) is 0 Å². The van der Waals surface area contributed by atoms with Crippen LogP contribution in [0.4, 0.5) is 0 Å². The SMILES string of the molecule is CCCCCCCCCCCCCCCCCCOCCCCCCCCCCCCCCCC.O=S(=O)([O-])[O-].[Na+].[Na+]. The van der Waals surface area contributed by atoms with Gasteiger partial charge in [0.15, 0.2) is 0 Å². The van der Waals surface area contributed by atoms with Gasteiger partial charge in [0.05, 0.1) is 0 Å². The summed E-state index contributed by atoms with van der Waals surface area (Å²) in [4.78, 5) is 0. The van der Waals surface area contributed by atoms with E-state index in [1.165, 1.54) is 193 Å². The van der Waals surface area contributed by atoms with Gasteiger partial charge in [-0.05, 0) is 12.8 Å². The van der Waals surface area contributed by atoms with Gasteiger partial charge in [-0.2, -0.15) is 0 Å². The zero-order valence-corrected chi connectivity index (χ0v) is 33.9. The maximum atomic E-state index is 8.52. The van der Waals surface area contributed by atoms with E-state index in [2.05, 4.69) is 13.8 Å². The summed E-state index contributed by atoms with van der Waals surface area (Å²) in [6, 6.07) is 0. The standard InChI is InChI=1S/C34H70O.2Na.H2O4S/c1-3-5-7-9-11-13-15-17-19-20-22-24-26-28-30-32-34-35-33-31-29-27-25-23-21-18-16-14-12-10-8-6-4-2;;;1-5(2,3)4/h3-34H2,1-2H3;;;(H2,1,2,3,4)/q;2*+1;/p-2. The predicted molar refractivity (Wildman–Crippen MR) is 171 cm³/mol. The van der Waals surface area contributed by atoms with Crippen molar-refractivity contribution < 1.29 is 81.4 Å². The zero-order chi connectivity index (χ0) is 29.8. The van der Waals surface area contributed by atoms with E-state index in [4.69, 9.17) is 22.3 Å². The van der Waals surface area contributed by atoms with E-state index in [0.717, 1.165) is 13.2 Å². The molecule has 244 valence electrons. The summed E-state index contributed by atoms with van der Waals surface area (Å²) in [7, 11) is -5.17. The van der Waals surface area contributed by atoms with Crippen LogP contribution in [0.3, 0.4) is 0 Å². The molecule has 0 radical (unpaired) electrons. The van der Waals surface area contributed by atoms with Gasteiger partial charge >= 0.3 is 59.1 Å². The quantitative estimate of drug-likeness (QED) is 0.0426. The van der Waals surface area contributed by atoms with Gasteiger partial charge in [0.25, 0.3) is 0 Å². The first-order valence-electron chi connectivity index (χ1n) is 17.7. The molecule has 0 bridgehead atoms. The fraction of sp³-hybridized carbons (Fsp3) is 1.00. The van der Waals surface area contributed by atoms with Crippen molar-refractivity contribution in [3.05, 3.63) is 0 Å². The van der Waals surface area contributed by atoms with Gasteiger partial charge in [0.2, 0.25) is 0 Å². The third-order valence-electron chi connectivity index (χ3n) is 7.78. The average molecular weight is 637 g/mol. The number of hydrogen-bond acceptors (Lipinski definition) is 5. The van der Waals surface area contributed by atoms with Crippen molar-refractivity contribution in [2.45, 2.75) is 206 Å². The Labute approximate surface area is 308 Å². The molecule has 0 saturated carbocycles. The topological polar surface area (TPSA) is 89.5 Å². The maximum absolute atomic E-state index is 8.52. The Morgan fingerprint density at radius 2 is 0.500 bits per heavy atom. The first-order valence-corrected chi connectivity index (χ1v) is 19.0. The molecule has 0 fully saturated rings. The van der Waals surface area contributed by atoms with Crippen molar-refractivity contribution >= 4 is 10.4 Å². The summed E-state index contributed by atoms with van der Waals surface area (Å²) in [5, 5.41) is 0. The molecule has 42 heavy (non-hydrogen) atoms. The van der Waals surface area contributed by atoms with Gasteiger partial charge in [-0.1, -0.05) is 194 Å². The Bertz CT molecular complexity index is 510. The fourth-order valence-corrected chi connectivity index (χ4v) is 5.25. The summed E-state index contributed by atoms with van der Waals surface area (Å²) in [5.74, 6) is 0. The first kappa shape index (κ1) is 50.7. The van der Waals surface area contributed by atoms with Gasteiger partial charge in [0, 0.05) is 23.6 Å². The second-order valence-corrected chi connectivity index (χ2v) is 12.7.